The Morgan fingerprint density at radius 3 is 2.56 bits per heavy atom. The van der Waals surface area contributed by atoms with Gasteiger partial charge in [0, 0.05) is 37.6 Å². The molecule has 0 spiro atoms. The van der Waals surface area contributed by atoms with Gasteiger partial charge in [0.1, 0.15) is 5.75 Å². The molecule has 25 heavy (non-hydrogen) atoms. The maximum atomic E-state index is 5.34. The summed E-state index contributed by atoms with van der Waals surface area (Å²) in [5.74, 6) is 1.60. The third-order valence-corrected chi connectivity index (χ3v) is 5.43. The number of nitrogens with one attached hydrogen (secondary N) is 1. The largest absolute Gasteiger partial charge is 0.497 e. The van der Waals surface area contributed by atoms with E-state index in [1.54, 1.807) is 7.11 Å². The summed E-state index contributed by atoms with van der Waals surface area (Å²) in [5, 5.41) is 3.73. The zero-order valence-electron chi connectivity index (χ0n) is 15.0. The van der Waals surface area contributed by atoms with Gasteiger partial charge in [-0.1, -0.05) is 48.6 Å². The average Bonchev–Trinajstić information content (AvgIpc) is 2.64. The molecule has 1 unspecified atom stereocenters. The summed E-state index contributed by atoms with van der Waals surface area (Å²) < 4.78 is 5.34. The van der Waals surface area contributed by atoms with Gasteiger partial charge in [0.25, 0.3) is 0 Å². The van der Waals surface area contributed by atoms with Crippen molar-refractivity contribution in [3.8, 4) is 5.75 Å². The van der Waals surface area contributed by atoms with Gasteiger partial charge >= 0.3 is 0 Å². The first-order chi connectivity index (χ1) is 12.3. The number of nitrogens with zero attached hydrogens (tertiary/aromatic N) is 1. The molecule has 3 saturated heterocycles. The fourth-order valence-electron chi connectivity index (χ4n) is 4.25. The lowest BCUT2D eigenvalue weighted by atomic mass is 9.74. The van der Waals surface area contributed by atoms with Gasteiger partial charge in [-0.25, -0.2) is 0 Å². The van der Waals surface area contributed by atoms with Gasteiger partial charge in [0.05, 0.1) is 7.11 Å². The highest BCUT2D eigenvalue weighted by Gasteiger charge is 2.46. The lowest BCUT2D eigenvalue weighted by molar-refractivity contribution is 0.0470. The van der Waals surface area contributed by atoms with Crippen LogP contribution in [0.3, 0.4) is 0 Å². The fourth-order valence-corrected chi connectivity index (χ4v) is 4.25. The maximum absolute atomic E-state index is 5.34. The van der Waals surface area contributed by atoms with Gasteiger partial charge in [-0.05, 0) is 35.7 Å². The highest BCUT2D eigenvalue weighted by molar-refractivity contribution is 5.50. The fraction of sp³-hybridized carbons (Fsp3) is 0.364. The van der Waals surface area contributed by atoms with Crippen LogP contribution in [0.5, 0.6) is 5.75 Å². The molecule has 0 amide bonds. The quantitative estimate of drug-likeness (QED) is 0.903. The molecule has 3 fully saturated rings. The number of allylic oxidation sites excluding steroid dienone is 1. The Morgan fingerprint density at radius 1 is 1.12 bits per heavy atom. The highest BCUT2D eigenvalue weighted by Crippen LogP contribution is 2.37. The SMILES string of the molecule is C/C=C/c1ccc(C2[C@@H]3CN(Cc4cccc(OC)c4)C[C@H]2N3)cc1. The summed E-state index contributed by atoms with van der Waals surface area (Å²) in [6.07, 6.45) is 4.24. The summed E-state index contributed by atoms with van der Waals surface area (Å²) in [4.78, 5) is 2.56. The average molecular weight is 334 g/mol. The topological polar surface area (TPSA) is 24.5 Å². The van der Waals surface area contributed by atoms with E-state index in [1.165, 1.54) is 16.7 Å². The van der Waals surface area contributed by atoms with Crippen molar-refractivity contribution >= 4 is 6.08 Å². The van der Waals surface area contributed by atoms with E-state index in [9.17, 15) is 0 Å². The summed E-state index contributed by atoms with van der Waals surface area (Å²) in [7, 11) is 1.73. The number of ether oxygens (including phenoxy) is 1. The van der Waals surface area contributed by atoms with E-state index in [1.807, 2.05) is 6.07 Å². The minimum atomic E-state index is 0.567. The summed E-state index contributed by atoms with van der Waals surface area (Å²) in [6, 6.07) is 18.6. The Hall–Kier alpha value is -2.10. The lowest BCUT2D eigenvalue weighted by Gasteiger charge is -2.55. The molecule has 2 aromatic rings. The number of piperazine rings is 1. The van der Waals surface area contributed by atoms with Crippen LogP contribution in [-0.2, 0) is 6.54 Å². The second-order valence-corrected chi connectivity index (χ2v) is 7.12. The number of benzene rings is 2. The Morgan fingerprint density at radius 2 is 1.88 bits per heavy atom. The van der Waals surface area contributed by atoms with Crippen molar-refractivity contribution in [2.45, 2.75) is 31.5 Å². The molecule has 1 N–H and O–H groups in total. The van der Waals surface area contributed by atoms with E-state index in [2.05, 4.69) is 71.8 Å². The predicted molar refractivity (Wildman–Crippen MR) is 103 cm³/mol. The van der Waals surface area contributed by atoms with Gasteiger partial charge in [-0.15, -0.1) is 0 Å². The van der Waals surface area contributed by atoms with Crippen molar-refractivity contribution in [2.75, 3.05) is 20.2 Å². The number of fused-ring (bicyclic) bond motifs is 2. The Labute approximate surface area is 150 Å². The first kappa shape index (κ1) is 16.4. The monoisotopic (exact) mass is 334 g/mol. The first-order valence-corrected chi connectivity index (χ1v) is 9.11. The van der Waals surface area contributed by atoms with Crippen LogP contribution in [0.25, 0.3) is 6.08 Å². The molecule has 5 rings (SSSR count). The molecular formula is C22H26N2O. The normalized spacial score (nSPS) is 25.8. The smallest absolute Gasteiger partial charge is 0.119 e. The molecule has 3 atom stereocenters. The third-order valence-electron chi connectivity index (χ3n) is 5.43. The van der Waals surface area contributed by atoms with Crippen molar-refractivity contribution < 1.29 is 4.74 Å². The molecule has 0 aromatic heterocycles. The molecule has 130 valence electrons. The van der Waals surface area contributed by atoms with Gasteiger partial charge < -0.3 is 10.1 Å². The molecule has 0 saturated carbocycles. The summed E-state index contributed by atoms with van der Waals surface area (Å²) in [5.41, 5.74) is 4.08. The van der Waals surface area contributed by atoms with Gasteiger partial charge in [-0.2, -0.15) is 0 Å². The molecule has 3 nitrogen and oxygen atoms in total. The standard InChI is InChI=1S/C22H26N2O/c1-3-5-16-8-10-18(11-9-16)22-20-14-24(15-21(22)23-20)13-17-6-4-7-19(12-17)25-2/h3-12,20-23H,13-15H2,1-2H3/b5-3+/t20-,21+,22?. The lowest BCUT2D eigenvalue weighted by Crippen LogP contribution is -2.71. The van der Waals surface area contributed by atoms with Gasteiger partial charge in [-0.3, -0.25) is 4.90 Å². The van der Waals surface area contributed by atoms with Crippen LogP contribution in [0.2, 0.25) is 0 Å². The molecule has 3 aliphatic heterocycles. The van der Waals surface area contributed by atoms with Crippen LogP contribution in [0.4, 0.5) is 0 Å². The predicted octanol–water partition coefficient (Wildman–Crippen LogP) is 3.67. The van der Waals surface area contributed by atoms with Gasteiger partial charge in [0.2, 0.25) is 0 Å². The second-order valence-electron chi connectivity index (χ2n) is 7.12. The highest BCUT2D eigenvalue weighted by atomic mass is 16.5. The minimum absolute atomic E-state index is 0.567. The number of hydrogen-bond donors (Lipinski definition) is 1. The summed E-state index contributed by atoms with van der Waals surface area (Å²) in [6.45, 7) is 5.27. The van der Waals surface area contributed by atoms with Gasteiger partial charge in [0.15, 0.2) is 0 Å². The third kappa shape index (κ3) is 3.35. The number of piperidine rings is 1. The van der Waals surface area contributed by atoms with E-state index in [0.717, 1.165) is 25.4 Å². The van der Waals surface area contributed by atoms with Crippen LogP contribution < -0.4 is 10.1 Å². The number of methoxy groups -OCH3 is 1. The van der Waals surface area contributed by atoms with E-state index < -0.39 is 0 Å². The molecular weight excluding hydrogens is 308 g/mol. The van der Waals surface area contributed by atoms with Crippen molar-refractivity contribution in [3.05, 3.63) is 71.3 Å². The van der Waals surface area contributed by atoms with Crippen LogP contribution >= 0.6 is 0 Å². The zero-order chi connectivity index (χ0) is 17.2. The minimum Gasteiger partial charge on any atom is -0.497 e. The first-order valence-electron chi connectivity index (χ1n) is 9.11. The van der Waals surface area contributed by atoms with Crippen molar-refractivity contribution in [3.63, 3.8) is 0 Å². The molecule has 2 bridgehead atoms. The molecule has 2 aromatic carbocycles. The second kappa shape index (κ2) is 7.03. The Bertz CT molecular complexity index is 741. The van der Waals surface area contributed by atoms with E-state index in [-0.39, 0.29) is 0 Å². The Kier molecular flexibility index (Phi) is 4.60. The van der Waals surface area contributed by atoms with Crippen molar-refractivity contribution in [1.29, 1.82) is 0 Å². The molecule has 3 heterocycles. The van der Waals surface area contributed by atoms with Crippen molar-refractivity contribution in [1.82, 2.24) is 10.2 Å². The maximum Gasteiger partial charge on any atom is 0.119 e. The molecule has 0 aliphatic carbocycles. The molecule has 0 radical (unpaired) electrons. The van der Waals surface area contributed by atoms with Crippen LogP contribution in [0.1, 0.15) is 29.5 Å². The van der Waals surface area contributed by atoms with Crippen LogP contribution in [0, 0.1) is 0 Å². The number of hydrogen-bond acceptors (Lipinski definition) is 3. The zero-order valence-corrected chi connectivity index (χ0v) is 15.0. The van der Waals surface area contributed by atoms with E-state index >= 15 is 0 Å². The van der Waals surface area contributed by atoms with Crippen LogP contribution in [-0.4, -0.2) is 37.2 Å². The van der Waals surface area contributed by atoms with Crippen LogP contribution in [0.15, 0.2) is 54.6 Å². The molecule has 3 heteroatoms. The van der Waals surface area contributed by atoms with E-state index in [4.69, 9.17) is 4.74 Å². The molecule has 3 aliphatic rings. The Balaban J connectivity index is 1.40. The van der Waals surface area contributed by atoms with E-state index in [0.29, 0.717) is 18.0 Å². The summed E-state index contributed by atoms with van der Waals surface area (Å²) >= 11 is 0. The van der Waals surface area contributed by atoms with Crippen molar-refractivity contribution in [2.24, 2.45) is 0 Å². The number of rotatable bonds is 5.